The number of rotatable bonds is 1. The summed E-state index contributed by atoms with van der Waals surface area (Å²) in [5.41, 5.74) is 0. The first-order valence-electron chi connectivity index (χ1n) is 2.50. The second-order valence-corrected chi connectivity index (χ2v) is 1.75. The lowest BCUT2D eigenvalue weighted by atomic mass is 10.7. The zero-order chi connectivity index (χ0) is 5.98. The Hall–Kier alpha value is -0.970. The largest absolute Gasteiger partial charge is 0.453 e. The van der Waals surface area contributed by atoms with Crippen molar-refractivity contribution in [3.63, 3.8) is 0 Å². The van der Waals surface area contributed by atoms with Crippen LogP contribution in [0.2, 0.25) is 0 Å². The summed E-state index contributed by atoms with van der Waals surface area (Å²) in [5, 5.41) is 0. The molecule has 42 valence electrons. The number of hydrogen-bond acceptors (Lipinski definition) is 2. The van der Waals surface area contributed by atoms with Crippen LogP contribution in [-0.2, 0) is 9.53 Å². The molecular formula is C6H6O2. The van der Waals surface area contributed by atoms with Gasteiger partial charge in [-0.25, -0.2) is 4.79 Å². The minimum absolute atomic E-state index is 0.138. The van der Waals surface area contributed by atoms with E-state index in [0.29, 0.717) is 0 Å². The highest BCUT2D eigenvalue weighted by molar-refractivity contribution is 5.87. The molecule has 0 aromatic heterocycles. The van der Waals surface area contributed by atoms with Gasteiger partial charge >= 0.3 is 5.97 Å². The molecule has 2 nitrogen and oxygen atoms in total. The zero-order valence-corrected chi connectivity index (χ0v) is 4.39. The third-order valence-electron chi connectivity index (χ3n) is 0.916. The van der Waals surface area contributed by atoms with Gasteiger partial charge in [0.15, 0.2) is 0 Å². The first-order chi connectivity index (χ1) is 3.83. The molecule has 2 heteroatoms. The molecular weight excluding hydrogens is 104 g/mol. The third kappa shape index (κ3) is 1.27. The van der Waals surface area contributed by atoms with Crippen molar-refractivity contribution in [3.05, 3.63) is 0 Å². The highest BCUT2D eigenvalue weighted by atomic mass is 16.5. The number of ether oxygens (including phenoxy) is 1. The second kappa shape index (κ2) is 1.87. The van der Waals surface area contributed by atoms with E-state index < -0.39 is 5.97 Å². The Balaban J connectivity index is 2.19. The topological polar surface area (TPSA) is 26.3 Å². The Kier molecular flexibility index (Phi) is 1.21. The van der Waals surface area contributed by atoms with Gasteiger partial charge in [0.1, 0.15) is 6.10 Å². The van der Waals surface area contributed by atoms with Gasteiger partial charge in [0.05, 0.1) is 0 Å². The van der Waals surface area contributed by atoms with E-state index in [1.54, 1.807) is 0 Å². The Labute approximate surface area is 47.8 Å². The van der Waals surface area contributed by atoms with Crippen molar-refractivity contribution in [1.82, 2.24) is 0 Å². The zero-order valence-electron chi connectivity index (χ0n) is 4.39. The summed E-state index contributed by atoms with van der Waals surface area (Å²) >= 11 is 0. The predicted molar refractivity (Wildman–Crippen MR) is 27.9 cm³/mol. The molecule has 0 unspecified atom stereocenters. The molecule has 1 fully saturated rings. The lowest BCUT2D eigenvalue weighted by Crippen LogP contribution is -2.01. The standard InChI is InChI=1S/C6H6O2/c1-2-6(7)8-5-3-4-5/h1,5H,3-4H2. The van der Waals surface area contributed by atoms with Gasteiger partial charge in [-0.15, -0.1) is 6.42 Å². The van der Waals surface area contributed by atoms with Crippen LogP contribution in [0.25, 0.3) is 0 Å². The van der Waals surface area contributed by atoms with Gasteiger partial charge in [-0.2, -0.15) is 0 Å². The maximum absolute atomic E-state index is 10.2. The van der Waals surface area contributed by atoms with Crippen molar-refractivity contribution in [3.8, 4) is 12.3 Å². The van der Waals surface area contributed by atoms with Crippen molar-refractivity contribution < 1.29 is 9.53 Å². The molecule has 1 saturated carbocycles. The highest BCUT2D eigenvalue weighted by Gasteiger charge is 2.24. The van der Waals surface area contributed by atoms with E-state index in [-0.39, 0.29) is 6.10 Å². The molecule has 0 aromatic carbocycles. The van der Waals surface area contributed by atoms with Crippen molar-refractivity contribution in [2.45, 2.75) is 18.9 Å². The lowest BCUT2D eigenvalue weighted by molar-refractivity contribution is -0.137. The first kappa shape index (κ1) is 5.17. The van der Waals surface area contributed by atoms with Gasteiger partial charge in [-0.05, 0) is 12.8 Å². The molecule has 0 heterocycles. The summed E-state index contributed by atoms with van der Waals surface area (Å²) in [6, 6.07) is 0. The van der Waals surface area contributed by atoms with E-state index in [2.05, 4.69) is 4.74 Å². The molecule has 8 heavy (non-hydrogen) atoms. The smallest absolute Gasteiger partial charge is 0.384 e. The molecule has 0 saturated heterocycles. The van der Waals surface area contributed by atoms with Gasteiger partial charge in [0, 0.05) is 5.92 Å². The minimum Gasteiger partial charge on any atom is -0.453 e. The maximum atomic E-state index is 10.2. The Morgan fingerprint density at radius 1 is 1.75 bits per heavy atom. The van der Waals surface area contributed by atoms with Crippen LogP contribution in [0.3, 0.4) is 0 Å². The van der Waals surface area contributed by atoms with E-state index in [4.69, 9.17) is 6.42 Å². The third-order valence-corrected chi connectivity index (χ3v) is 0.916. The van der Waals surface area contributed by atoms with Crippen LogP contribution in [0.4, 0.5) is 0 Å². The number of carbonyl (C=O) groups is 1. The van der Waals surface area contributed by atoms with Crippen LogP contribution in [0.15, 0.2) is 0 Å². The average Bonchev–Trinajstić information content (AvgIpc) is 2.50. The molecule has 0 spiro atoms. The summed E-state index contributed by atoms with van der Waals surface area (Å²) in [5.74, 6) is 1.34. The quantitative estimate of drug-likeness (QED) is 0.276. The van der Waals surface area contributed by atoms with Gasteiger partial charge in [-0.3, -0.25) is 0 Å². The molecule has 1 aliphatic rings. The van der Waals surface area contributed by atoms with E-state index in [9.17, 15) is 4.79 Å². The fourth-order valence-electron chi connectivity index (χ4n) is 0.371. The van der Waals surface area contributed by atoms with Gasteiger partial charge in [0.2, 0.25) is 0 Å². The molecule has 0 radical (unpaired) electrons. The predicted octanol–water partition coefficient (Wildman–Crippen LogP) is 0.325. The number of terminal acetylenes is 1. The summed E-state index contributed by atoms with van der Waals surface area (Å²) in [6.07, 6.45) is 6.82. The van der Waals surface area contributed by atoms with Crippen molar-refractivity contribution in [1.29, 1.82) is 0 Å². The molecule has 1 aliphatic carbocycles. The monoisotopic (exact) mass is 110 g/mol. The van der Waals surface area contributed by atoms with Gasteiger partial charge in [-0.1, -0.05) is 0 Å². The minimum atomic E-state index is -0.535. The molecule has 1 rings (SSSR count). The van der Waals surface area contributed by atoms with Gasteiger partial charge in [0.25, 0.3) is 0 Å². The normalized spacial score (nSPS) is 16.9. The molecule has 0 aromatic rings. The Morgan fingerprint density at radius 3 is 2.75 bits per heavy atom. The van der Waals surface area contributed by atoms with Crippen molar-refractivity contribution in [2.24, 2.45) is 0 Å². The van der Waals surface area contributed by atoms with Crippen molar-refractivity contribution >= 4 is 5.97 Å². The van der Waals surface area contributed by atoms with E-state index >= 15 is 0 Å². The molecule has 0 atom stereocenters. The molecule has 0 amide bonds. The first-order valence-corrected chi connectivity index (χ1v) is 2.50. The van der Waals surface area contributed by atoms with Crippen LogP contribution in [0.1, 0.15) is 12.8 Å². The molecule has 0 aliphatic heterocycles. The molecule has 0 bridgehead atoms. The second-order valence-electron chi connectivity index (χ2n) is 1.75. The summed E-state index contributed by atoms with van der Waals surface area (Å²) in [7, 11) is 0. The van der Waals surface area contributed by atoms with E-state index in [1.165, 1.54) is 0 Å². The number of hydrogen-bond donors (Lipinski definition) is 0. The van der Waals surface area contributed by atoms with Crippen LogP contribution >= 0.6 is 0 Å². The van der Waals surface area contributed by atoms with Gasteiger partial charge < -0.3 is 4.74 Å². The van der Waals surface area contributed by atoms with Crippen LogP contribution in [-0.4, -0.2) is 12.1 Å². The van der Waals surface area contributed by atoms with E-state index in [1.807, 2.05) is 5.92 Å². The number of carbonyl (C=O) groups excluding carboxylic acids is 1. The maximum Gasteiger partial charge on any atom is 0.384 e. The van der Waals surface area contributed by atoms with Crippen LogP contribution in [0, 0.1) is 12.3 Å². The van der Waals surface area contributed by atoms with Crippen LogP contribution < -0.4 is 0 Å². The SMILES string of the molecule is C#CC(=O)OC1CC1. The fraction of sp³-hybridized carbons (Fsp3) is 0.500. The van der Waals surface area contributed by atoms with Crippen molar-refractivity contribution in [2.75, 3.05) is 0 Å². The highest BCUT2D eigenvalue weighted by Crippen LogP contribution is 2.23. The summed E-state index contributed by atoms with van der Waals surface area (Å²) in [6.45, 7) is 0. The molecule has 0 N–H and O–H groups in total. The van der Waals surface area contributed by atoms with E-state index in [0.717, 1.165) is 12.8 Å². The average molecular weight is 110 g/mol. The Morgan fingerprint density at radius 2 is 2.38 bits per heavy atom. The Bertz CT molecular complexity index is 139. The lowest BCUT2D eigenvalue weighted by Gasteiger charge is -1.91. The fourth-order valence-corrected chi connectivity index (χ4v) is 0.371. The number of esters is 1. The summed E-state index contributed by atoms with van der Waals surface area (Å²) < 4.78 is 4.64. The summed E-state index contributed by atoms with van der Waals surface area (Å²) in [4.78, 5) is 10.2. The van der Waals surface area contributed by atoms with Crippen LogP contribution in [0.5, 0.6) is 0 Å².